The summed E-state index contributed by atoms with van der Waals surface area (Å²) in [5, 5.41) is 12.1. The van der Waals surface area contributed by atoms with E-state index in [1.54, 1.807) is 18.2 Å². The Bertz CT molecular complexity index is 1580. The number of benzene rings is 3. The van der Waals surface area contributed by atoms with Crippen LogP contribution in [0.25, 0.3) is 16.0 Å². The van der Waals surface area contributed by atoms with Crippen LogP contribution in [-0.2, 0) is 16.0 Å². The first-order chi connectivity index (χ1) is 17.8. The average Bonchev–Trinajstić information content (AvgIpc) is 3.42. The van der Waals surface area contributed by atoms with E-state index in [1.807, 2.05) is 56.3 Å². The summed E-state index contributed by atoms with van der Waals surface area (Å²) >= 11 is 7.78. The molecule has 0 saturated carbocycles. The number of aliphatic hydroxyl groups excluding tert-OH is 1. The van der Waals surface area contributed by atoms with Crippen molar-refractivity contribution in [2.75, 3.05) is 11.5 Å². The largest absolute Gasteiger partial charge is 0.507 e. The number of hydrogen-bond donors (Lipinski definition) is 1. The smallest absolute Gasteiger partial charge is 0.301 e. The van der Waals surface area contributed by atoms with Crippen LogP contribution in [0.1, 0.15) is 42.1 Å². The highest BCUT2D eigenvalue weighted by Gasteiger charge is 2.48. The second-order valence-electron chi connectivity index (χ2n) is 8.81. The molecule has 4 aromatic rings. The van der Waals surface area contributed by atoms with E-state index in [4.69, 9.17) is 21.3 Å². The average molecular weight is 533 g/mol. The third-order valence-corrected chi connectivity index (χ3v) is 7.71. The number of anilines is 1. The molecule has 0 bridgehead atoms. The predicted octanol–water partition coefficient (Wildman–Crippen LogP) is 6.85. The van der Waals surface area contributed by atoms with Gasteiger partial charge >= 0.3 is 5.91 Å². The van der Waals surface area contributed by atoms with Crippen LogP contribution in [-0.4, -0.2) is 28.4 Å². The van der Waals surface area contributed by atoms with Crippen LogP contribution in [0, 0.1) is 6.92 Å². The molecule has 0 radical (unpaired) electrons. The van der Waals surface area contributed by atoms with Crippen LogP contribution in [0.5, 0.6) is 5.75 Å². The first-order valence-electron chi connectivity index (χ1n) is 12.0. The number of fused-ring (bicyclic) bond motifs is 1. The van der Waals surface area contributed by atoms with Crippen molar-refractivity contribution in [2.24, 2.45) is 0 Å². The monoisotopic (exact) mass is 532 g/mol. The first kappa shape index (κ1) is 25.0. The zero-order valence-corrected chi connectivity index (χ0v) is 22.2. The lowest BCUT2D eigenvalue weighted by molar-refractivity contribution is -0.132. The van der Waals surface area contributed by atoms with E-state index in [2.05, 4.69) is 6.92 Å². The van der Waals surface area contributed by atoms with Gasteiger partial charge in [0.2, 0.25) is 0 Å². The van der Waals surface area contributed by atoms with Gasteiger partial charge in [0, 0.05) is 5.56 Å². The van der Waals surface area contributed by atoms with Crippen molar-refractivity contribution >= 4 is 55.7 Å². The van der Waals surface area contributed by atoms with Crippen molar-refractivity contribution in [2.45, 2.75) is 33.2 Å². The Balaban J connectivity index is 1.73. The Morgan fingerprint density at radius 1 is 1.11 bits per heavy atom. The Hall–Kier alpha value is -3.68. The molecule has 1 saturated heterocycles. The summed E-state index contributed by atoms with van der Waals surface area (Å²) in [6.07, 6.45) is 0.874. The van der Waals surface area contributed by atoms with Crippen LogP contribution < -0.4 is 9.64 Å². The molecule has 1 N–H and O–H groups in total. The minimum absolute atomic E-state index is 0.0420. The number of Topliss-reactive ketones (excluding diaryl/α,β-unsaturated/α-hetero) is 1. The number of nitrogens with zero attached hydrogens (tertiary/aromatic N) is 2. The van der Waals surface area contributed by atoms with E-state index in [0.29, 0.717) is 23.1 Å². The van der Waals surface area contributed by atoms with E-state index in [-0.39, 0.29) is 21.9 Å². The quantitative estimate of drug-likeness (QED) is 0.167. The van der Waals surface area contributed by atoms with Crippen LogP contribution in [0.4, 0.5) is 5.13 Å². The van der Waals surface area contributed by atoms with Gasteiger partial charge in [0.05, 0.1) is 33.5 Å². The zero-order chi connectivity index (χ0) is 26.3. The number of halogens is 1. The number of amides is 1. The Kier molecular flexibility index (Phi) is 6.75. The van der Waals surface area contributed by atoms with Crippen molar-refractivity contribution in [3.63, 3.8) is 0 Å². The van der Waals surface area contributed by atoms with Gasteiger partial charge in [0.25, 0.3) is 5.78 Å². The van der Waals surface area contributed by atoms with E-state index < -0.39 is 17.7 Å². The van der Waals surface area contributed by atoms with Gasteiger partial charge in [-0.15, -0.1) is 0 Å². The highest BCUT2D eigenvalue weighted by atomic mass is 35.5. The number of carbonyl (C=O) groups excluding carboxylic acids is 2. The summed E-state index contributed by atoms with van der Waals surface area (Å²) in [4.78, 5) is 33.1. The number of aromatic nitrogens is 1. The molecular formula is C29H25ClN2O4S. The standard InChI is InChI=1S/C29H25ClN2O4S/c1-4-17-9-12-22-23(14-17)37-29(31-22)32-25(18-8-6-7-16(3)13-18)24(27(34)28(32)35)26(33)20-15-19(36-5-2)10-11-21(20)30/h6-15,25,33H,4-5H2,1-3H3/b26-24+. The van der Waals surface area contributed by atoms with Crippen molar-refractivity contribution in [3.8, 4) is 5.75 Å². The van der Waals surface area contributed by atoms with Gasteiger partial charge in [-0.2, -0.15) is 0 Å². The highest BCUT2D eigenvalue weighted by Crippen LogP contribution is 2.45. The SMILES string of the molecule is CCOc1ccc(Cl)c(/C(O)=C2\C(=O)C(=O)N(c3nc4ccc(CC)cc4s3)C2c2cccc(C)c2)c1. The molecule has 8 heteroatoms. The lowest BCUT2D eigenvalue weighted by Crippen LogP contribution is -2.29. The predicted molar refractivity (Wildman–Crippen MR) is 148 cm³/mol. The van der Waals surface area contributed by atoms with Crippen LogP contribution >= 0.6 is 22.9 Å². The first-order valence-corrected chi connectivity index (χ1v) is 13.2. The molecule has 1 aromatic heterocycles. The number of carbonyl (C=O) groups is 2. The number of hydrogen-bond acceptors (Lipinski definition) is 6. The Morgan fingerprint density at radius 2 is 1.92 bits per heavy atom. The molecular weight excluding hydrogens is 508 g/mol. The van der Waals surface area contributed by atoms with Gasteiger partial charge in [-0.05, 0) is 61.7 Å². The summed E-state index contributed by atoms with van der Waals surface area (Å²) in [7, 11) is 0. The lowest BCUT2D eigenvalue weighted by Gasteiger charge is -2.23. The van der Waals surface area contributed by atoms with E-state index in [0.717, 1.165) is 27.8 Å². The van der Waals surface area contributed by atoms with Gasteiger partial charge in [-0.3, -0.25) is 14.5 Å². The maximum Gasteiger partial charge on any atom is 0.301 e. The third kappa shape index (κ3) is 4.49. The molecule has 1 unspecified atom stereocenters. The number of aliphatic hydroxyl groups is 1. The van der Waals surface area contributed by atoms with Crippen LogP contribution in [0.3, 0.4) is 0 Å². The number of rotatable bonds is 6. The van der Waals surface area contributed by atoms with Gasteiger partial charge < -0.3 is 9.84 Å². The third-order valence-electron chi connectivity index (χ3n) is 6.36. The van der Waals surface area contributed by atoms with E-state index in [1.165, 1.54) is 16.2 Å². The maximum atomic E-state index is 13.5. The second kappa shape index (κ2) is 10.00. The Labute approximate surface area is 223 Å². The molecule has 1 aliphatic rings. The molecule has 5 rings (SSSR count). The Morgan fingerprint density at radius 3 is 2.65 bits per heavy atom. The molecule has 1 aliphatic heterocycles. The summed E-state index contributed by atoms with van der Waals surface area (Å²) < 4.78 is 6.49. The zero-order valence-electron chi connectivity index (χ0n) is 20.6. The molecule has 6 nitrogen and oxygen atoms in total. The van der Waals surface area contributed by atoms with Crippen LogP contribution in [0.15, 0.2) is 66.2 Å². The fourth-order valence-corrected chi connectivity index (χ4v) is 5.82. The molecule has 2 heterocycles. The van der Waals surface area contributed by atoms with Crippen molar-refractivity contribution in [1.29, 1.82) is 0 Å². The van der Waals surface area contributed by atoms with E-state index in [9.17, 15) is 14.7 Å². The summed E-state index contributed by atoms with van der Waals surface area (Å²) in [5.41, 5.74) is 3.72. The normalized spacial score (nSPS) is 17.1. The fraction of sp³-hybridized carbons (Fsp3) is 0.207. The van der Waals surface area contributed by atoms with Crippen LogP contribution in [0.2, 0.25) is 5.02 Å². The van der Waals surface area contributed by atoms with Gasteiger partial charge in [0.1, 0.15) is 11.5 Å². The topological polar surface area (TPSA) is 79.7 Å². The minimum Gasteiger partial charge on any atom is -0.507 e. The highest BCUT2D eigenvalue weighted by molar-refractivity contribution is 7.22. The molecule has 0 aliphatic carbocycles. The summed E-state index contributed by atoms with van der Waals surface area (Å²) in [5.74, 6) is -1.41. The molecule has 1 fully saturated rings. The minimum atomic E-state index is -0.877. The summed E-state index contributed by atoms with van der Waals surface area (Å²) in [6.45, 7) is 6.28. The van der Waals surface area contributed by atoms with Gasteiger partial charge in [-0.1, -0.05) is 65.8 Å². The maximum absolute atomic E-state index is 13.5. The van der Waals surface area contributed by atoms with E-state index >= 15 is 0 Å². The molecule has 3 aromatic carbocycles. The number of ketones is 1. The summed E-state index contributed by atoms with van der Waals surface area (Å²) in [6, 6.07) is 17.5. The second-order valence-corrected chi connectivity index (χ2v) is 10.2. The number of ether oxygens (including phenoxy) is 1. The fourth-order valence-electron chi connectivity index (χ4n) is 4.55. The van der Waals surface area contributed by atoms with Crippen molar-refractivity contribution < 1.29 is 19.4 Å². The molecule has 1 amide bonds. The lowest BCUT2D eigenvalue weighted by atomic mass is 9.94. The molecule has 1 atom stereocenters. The van der Waals surface area contributed by atoms with Crippen molar-refractivity contribution in [1.82, 2.24) is 4.98 Å². The number of aryl methyl sites for hydroxylation is 2. The van der Waals surface area contributed by atoms with Crippen molar-refractivity contribution in [3.05, 3.63) is 93.5 Å². The van der Waals surface area contributed by atoms with Gasteiger partial charge in [0.15, 0.2) is 5.13 Å². The molecule has 188 valence electrons. The molecule has 0 spiro atoms. The molecule has 37 heavy (non-hydrogen) atoms. The number of thiazole rings is 1. The van der Waals surface area contributed by atoms with Gasteiger partial charge in [-0.25, -0.2) is 4.98 Å².